The number of benzene rings is 2. The number of hydrogen-bond acceptors (Lipinski definition) is 2. The van der Waals surface area contributed by atoms with Crippen molar-refractivity contribution in [3.05, 3.63) is 57.5 Å². The van der Waals surface area contributed by atoms with Gasteiger partial charge in [-0.05, 0) is 52.9 Å². The molecule has 2 aromatic carbocycles. The van der Waals surface area contributed by atoms with E-state index in [1.54, 1.807) is 12.3 Å². The molecule has 0 aliphatic rings. The summed E-state index contributed by atoms with van der Waals surface area (Å²) >= 11 is 1.94. The summed E-state index contributed by atoms with van der Waals surface area (Å²) < 4.78 is 13.6. The van der Waals surface area contributed by atoms with Gasteiger partial charge in [0.15, 0.2) is 0 Å². The number of halogens is 2. The number of aromatic amines is 1. The van der Waals surface area contributed by atoms with Crippen molar-refractivity contribution in [1.29, 1.82) is 0 Å². The van der Waals surface area contributed by atoms with E-state index in [1.165, 1.54) is 18.2 Å². The molecular weight excluding hydrogens is 372 g/mol. The van der Waals surface area contributed by atoms with Crippen LogP contribution in [0.1, 0.15) is 10.4 Å². The molecule has 0 saturated carbocycles. The summed E-state index contributed by atoms with van der Waals surface area (Å²) in [6.45, 7) is 0. The third kappa shape index (κ3) is 2.38. The van der Waals surface area contributed by atoms with Crippen LogP contribution in [0.25, 0.3) is 10.9 Å². The Morgan fingerprint density at radius 1 is 1.30 bits per heavy atom. The Morgan fingerprint density at radius 3 is 2.95 bits per heavy atom. The van der Waals surface area contributed by atoms with Gasteiger partial charge in [-0.3, -0.25) is 9.89 Å². The molecule has 1 heterocycles. The highest BCUT2D eigenvalue weighted by atomic mass is 127. The van der Waals surface area contributed by atoms with Crippen LogP contribution in [0, 0.1) is 9.39 Å². The molecule has 2 N–H and O–H groups in total. The van der Waals surface area contributed by atoms with Crippen molar-refractivity contribution >= 4 is 45.1 Å². The Hall–Kier alpha value is -1.96. The first-order chi connectivity index (χ1) is 9.65. The maximum Gasteiger partial charge on any atom is 0.256 e. The van der Waals surface area contributed by atoms with Crippen LogP contribution in [-0.4, -0.2) is 16.1 Å². The van der Waals surface area contributed by atoms with E-state index in [4.69, 9.17) is 0 Å². The molecule has 0 radical (unpaired) electrons. The highest BCUT2D eigenvalue weighted by Crippen LogP contribution is 2.22. The lowest BCUT2D eigenvalue weighted by Crippen LogP contribution is -2.13. The molecule has 20 heavy (non-hydrogen) atoms. The maximum absolute atomic E-state index is 13.1. The number of nitrogens with one attached hydrogen (secondary N) is 2. The second-order valence-electron chi connectivity index (χ2n) is 4.22. The summed E-state index contributed by atoms with van der Waals surface area (Å²) in [5.74, 6) is -0.633. The van der Waals surface area contributed by atoms with E-state index in [-0.39, 0.29) is 11.7 Å². The second kappa shape index (κ2) is 5.20. The molecule has 3 aromatic rings. The molecule has 0 aliphatic heterocycles. The van der Waals surface area contributed by atoms with Crippen molar-refractivity contribution in [3.63, 3.8) is 0 Å². The number of anilines is 1. The number of amides is 1. The highest BCUT2D eigenvalue weighted by Gasteiger charge is 2.12. The SMILES string of the molecule is O=C(Nc1cccc2[nH]ncc12)c1ccc(F)cc1I. The summed E-state index contributed by atoms with van der Waals surface area (Å²) in [5, 5.41) is 10.4. The molecule has 4 nitrogen and oxygen atoms in total. The Bertz CT molecular complexity index is 800. The summed E-state index contributed by atoms with van der Waals surface area (Å²) in [6, 6.07) is 9.57. The monoisotopic (exact) mass is 381 g/mol. The summed E-state index contributed by atoms with van der Waals surface area (Å²) in [7, 11) is 0. The average molecular weight is 381 g/mol. The Balaban J connectivity index is 1.94. The predicted octanol–water partition coefficient (Wildman–Crippen LogP) is 3.56. The van der Waals surface area contributed by atoms with Gasteiger partial charge in [0.2, 0.25) is 0 Å². The van der Waals surface area contributed by atoms with Gasteiger partial charge in [0.25, 0.3) is 5.91 Å². The van der Waals surface area contributed by atoms with E-state index in [9.17, 15) is 9.18 Å². The number of nitrogens with zero attached hydrogens (tertiary/aromatic N) is 1. The minimum absolute atomic E-state index is 0.275. The van der Waals surface area contributed by atoms with Gasteiger partial charge in [-0.2, -0.15) is 5.10 Å². The largest absolute Gasteiger partial charge is 0.321 e. The van der Waals surface area contributed by atoms with E-state index in [0.29, 0.717) is 14.8 Å². The quantitative estimate of drug-likeness (QED) is 0.667. The van der Waals surface area contributed by atoms with E-state index < -0.39 is 0 Å². The number of carbonyl (C=O) groups is 1. The van der Waals surface area contributed by atoms with Crippen LogP contribution < -0.4 is 5.32 Å². The minimum atomic E-state index is -0.358. The fourth-order valence-corrected chi connectivity index (χ4v) is 2.66. The zero-order chi connectivity index (χ0) is 14.1. The molecule has 6 heteroatoms. The average Bonchev–Trinajstić information content (AvgIpc) is 2.87. The normalized spacial score (nSPS) is 10.7. The molecule has 0 saturated heterocycles. The predicted molar refractivity (Wildman–Crippen MR) is 83.2 cm³/mol. The fraction of sp³-hybridized carbons (Fsp3) is 0. The lowest BCUT2D eigenvalue weighted by molar-refractivity contribution is 0.102. The molecular formula is C14H9FIN3O. The molecule has 1 amide bonds. The van der Waals surface area contributed by atoms with Gasteiger partial charge in [-0.25, -0.2) is 4.39 Å². The van der Waals surface area contributed by atoms with Gasteiger partial charge in [-0.1, -0.05) is 6.07 Å². The van der Waals surface area contributed by atoms with Crippen LogP contribution in [0.3, 0.4) is 0 Å². The first-order valence-electron chi connectivity index (χ1n) is 5.83. The van der Waals surface area contributed by atoms with Crippen molar-refractivity contribution in [2.24, 2.45) is 0 Å². The molecule has 1 aromatic heterocycles. The van der Waals surface area contributed by atoms with Crippen LogP contribution in [0.5, 0.6) is 0 Å². The van der Waals surface area contributed by atoms with Crippen molar-refractivity contribution in [2.45, 2.75) is 0 Å². The Morgan fingerprint density at radius 2 is 2.15 bits per heavy atom. The van der Waals surface area contributed by atoms with Crippen molar-refractivity contribution in [2.75, 3.05) is 5.32 Å². The lowest BCUT2D eigenvalue weighted by atomic mass is 10.2. The molecule has 3 rings (SSSR count). The smallest absolute Gasteiger partial charge is 0.256 e. The van der Waals surface area contributed by atoms with E-state index >= 15 is 0 Å². The molecule has 0 fully saturated rings. The number of aromatic nitrogens is 2. The summed E-state index contributed by atoms with van der Waals surface area (Å²) in [4.78, 5) is 12.2. The van der Waals surface area contributed by atoms with Crippen LogP contribution in [-0.2, 0) is 0 Å². The van der Waals surface area contributed by atoms with Gasteiger partial charge in [-0.15, -0.1) is 0 Å². The first kappa shape index (κ1) is 13.0. The number of carbonyl (C=O) groups excluding carboxylic acids is 1. The van der Waals surface area contributed by atoms with Crippen molar-refractivity contribution < 1.29 is 9.18 Å². The molecule has 0 spiro atoms. The molecule has 100 valence electrons. The Labute approximate surface area is 127 Å². The first-order valence-corrected chi connectivity index (χ1v) is 6.91. The summed E-state index contributed by atoms with van der Waals surface area (Å²) in [6.07, 6.45) is 1.65. The molecule has 0 unspecified atom stereocenters. The second-order valence-corrected chi connectivity index (χ2v) is 5.38. The van der Waals surface area contributed by atoms with Gasteiger partial charge in [0.1, 0.15) is 5.82 Å². The number of fused-ring (bicyclic) bond motifs is 1. The van der Waals surface area contributed by atoms with Gasteiger partial charge in [0, 0.05) is 8.96 Å². The molecule has 0 atom stereocenters. The Kier molecular flexibility index (Phi) is 3.39. The molecule has 0 bridgehead atoms. The van der Waals surface area contributed by atoms with Crippen molar-refractivity contribution in [1.82, 2.24) is 10.2 Å². The lowest BCUT2D eigenvalue weighted by Gasteiger charge is -2.08. The van der Waals surface area contributed by atoms with Crippen molar-refractivity contribution in [3.8, 4) is 0 Å². The van der Waals surface area contributed by atoms with Crippen LogP contribution in [0.15, 0.2) is 42.6 Å². The van der Waals surface area contributed by atoms with Crippen LogP contribution in [0.4, 0.5) is 10.1 Å². The van der Waals surface area contributed by atoms with Gasteiger partial charge in [0.05, 0.1) is 23.0 Å². The molecule has 0 aliphatic carbocycles. The van der Waals surface area contributed by atoms with Crippen LogP contribution >= 0.6 is 22.6 Å². The zero-order valence-electron chi connectivity index (χ0n) is 10.2. The van der Waals surface area contributed by atoms with Gasteiger partial charge >= 0.3 is 0 Å². The zero-order valence-corrected chi connectivity index (χ0v) is 12.3. The van der Waals surface area contributed by atoms with Crippen LogP contribution in [0.2, 0.25) is 0 Å². The number of H-pyrrole nitrogens is 1. The minimum Gasteiger partial charge on any atom is -0.321 e. The fourth-order valence-electron chi connectivity index (χ4n) is 1.94. The highest BCUT2D eigenvalue weighted by molar-refractivity contribution is 14.1. The van der Waals surface area contributed by atoms with E-state index in [0.717, 1.165) is 10.9 Å². The third-order valence-corrected chi connectivity index (χ3v) is 3.80. The third-order valence-electron chi connectivity index (χ3n) is 2.91. The topological polar surface area (TPSA) is 57.8 Å². The van der Waals surface area contributed by atoms with E-state index in [2.05, 4.69) is 15.5 Å². The maximum atomic E-state index is 13.1. The standard InChI is InChI=1S/C14H9FIN3O/c15-8-4-5-9(11(16)6-8)14(20)18-12-2-1-3-13-10(12)7-17-19-13/h1-7H,(H,17,19)(H,18,20). The number of hydrogen-bond donors (Lipinski definition) is 2. The van der Waals surface area contributed by atoms with Gasteiger partial charge < -0.3 is 5.32 Å². The summed E-state index contributed by atoms with van der Waals surface area (Å²) in [5.41, 5.74) is 1.95. The number of rotatable bonds is 2. The van der Waals surface area contributed by atoms with E-state index in [1.807, 2.05) is 34.7 Å².